The van der Waals surface area contributed by atoms with E-state index < -0.39 is 0 Å². The van der Waals surface area contributed by atoms with Gasteiger partial charge in [0, 0.05) is 6.42 Å². The second-order valence-electron chi connectivity index (χ2n) is 11.2. The third kappa shape index (κ3) is 3.81. The molecule has 6 atom stereocenters. The van der Waals surface area contributed by atoms with Crippen LogP contribution < -0.4 is 0 Å². The highest BCUT2D eigenvalue weighted by atomic mass is 16.5. The number of benzene rings is 1. The van der Waals surface area contributed by atoms with E-state index in [-0.39, 0.29) is 28.8 Å². The van der Waals surface area contributed by atoms with Crippen LogP contribution in [0, 0.1) is 28.6 Å². The van der Waals surface area contributed by atoms with Gasteiger partial charge in [0.15, 0.2) is 0 Å². The fraction of sp³-hybridized carbons (Fsp3) is 0.720. The summed E-state index contributed by atoms with van der Waals surface area (Å²) in [4.78, 5) is 12.8. The second-order valence-corrected chi connectivity index (χ2v) is 11.2. The number of aromatic hydroxyl groups is 1. The molecule has 0 radical (unpaired) electrons. The van der Waals surface area contributed by atoms with Gasteiger partial charge in [0.1, 0.15) is 5.75 Å². The number of esters is 1. The molecule has 1 aromatic carbocycles. The van der Waals surface area contributed by atoms with Gasteiger partial charge in [0.05, 0.1) is 12.7 Å². The van der Waals surface area contributed by atoms with Crippen molar-refractivity contribution in [3.63, 3.8) is 0 Å². The number of phenols is 1. The zero-order chi connectivity index (χ0) is 21.0. The minimum Gasteiger partial charge on any atom is -0.508 e. The maximum atomic E-state index is 12.8. The summed E-state index contributed by atoms with van der Waals surface area (Å²) >= 11 is 0. The van der Waals surface area contributed by atoms with Gasteiger partial charge >= 0.3 is 5.97 Å². The van der Waals surface area contributed by atoms with Crippen molar-refractivity contribution in [2.75, 3.05) is 6.61 Å². The molecule has 0 heterocycles. The van der Waals surface area contributed by atoms with Gasteiger partial charge in [-0.2, -0.15) is 0 Å². The number of aliphatic hydroxyl groups is 1. The highest BCUT2D eigenvalue weighted by molar-refractivity contribution is 5.70. The van der Waals surface area contributed by atoms with Crippen molar-refractivity contribution >= 4 is 5.97 Å². The molecule has 0 aliphatic heterocycles. The van der Waals surface area contributed by atoms with Crippen LogP contribution in [0.2, 0.25) is 0 Å². The van der Waals surface area contributed by atoms with Crippen molar-refractivity contribution in [2.24, 2.45) is 28.6 Å². The number of aliphatic hydroxyl groups excluding tert-OH is 1. The van der Waals surface area contributed by atoms with E-state index in [1.54, 1.807) is 6.07 Å². The number of hydrogen-bond acceptors (Lipinski definition) is 4. The fourth-order valence-electron chi connectivity index (χ4n) is 6.62. The minimum atomic E-state index is -0.275. The van der Waals surface area contributed by atoms with E-state index >= 15 is 0 Å². The van der Waals surface area contributed by atoms with E-state index in [1.807, 2.05) is 6.07 Å². The molecular weight excluding hydrogens is 364 g/mol. The number of fused-ring (bicyclic) bond motifs is 5. The first-order valence-electron chi connectivity index (χ1n) is 11.2. The average molecular weight is 401 g/mol. The van der Waals surface area contributed by atoms with Crippen LogP contribution in [0.25, 0.3) is 0 Å². The van der Waals surface area contributed by atoms with E-state index in [9.17, 15) is 15.0 Å². The van der Waals surface area contributed by atoms with Crippen LogP contribution in [0.4, 0.5) is 0 Å². The van der Waals surface area contributed by atoms with Crippen molar-refractivity contribution in [1.82, 2.24) is 0 Å². The number of phenolic OH excluding ortho intramolecular Hbond substituents is 1. The van der Waals surface area contributed by atoms with Crippen LogP contribution in [0.3, 0.4) is 0 Å². The smallest absolute Gasteiger partial charge is 0.306 e. The lowest BCUT2D eigenvalue weighted by Gasteiger charge is -2.53. The summed E-state index contributed by atoms with van der Waals surface area (Å²) in [6, 6.07) is 5.76. The van der Waals surface area contributed by atoms with Crippen molar-refractivity contribution in [3.8, 4) is 5.75 Å². The topological polar surface area (TPSA) is 66.8 Å². The molecule has 0 bridgehead atoms. The summed E-state index contributed by atoms with van der Waals surface area (Å²) in [5.74, 6) is 1.68. The molecule has 0 unspecified atom stereocenters. The van der Waals surface area contributed by atoms with Gasteiger partial charge in [-0.15, -0.1) is 0 Å². The molecule has 3 aliphatic rings. The first kappa shape index (κ1) is 20.7. The van der Waals surface area contributed by atoms with E-state index in [0.717, 1.165) is 32.1 Å². The molecule has 0 aromatic heterocycles. The largest absolute Gasteiger partial charge is 0.508 e. The van der Waals surface area contributed by atoms with Gasteiger partial charge in [0.2, 0.25) is 0 Å². The lowest BCUT2D eigenvalue weighted by atomic mass is 9.51. The van der Waals surface area contributed by atoms with E-state index in [1.165, 1.54) is 11.1 Å². The second kappa shape index (κ2) is 7.30. The van der Waals surface area contributed by atoms with Crippen molar-refractivity contribution in [3.05, 3.63) is 29.3 Å². The SMILES string of the molecule is CC(C)(C)COC(=O)C[C@H]1C[C@]2(C)[C@@H](O)CC[C@H]2[C@@H]2CCc3cc(O)ccc3[C@@H]12. The number of rotatable bonds is 3. The Morgan fingerprint density at radius 1 is 1.24 bits per heavy atom. The zero-order valence-electron chi connectivity index (χ0n) is 18.3. The molecule has 4 nitrogen and oxygen atoms in total. The summed E-state index contributed by atoms with van der Waals surface area (Å²) in [6.07, 6.45) is 4.98. The monoisotopic (exact) mass is 400 g/mol. The first-order chi connectivity index (χ1) is 13.6. The van der Waals surface area contributed by atoms with Gasteiger partial charge in [-0.3, -0.25) is 4.79 Å². The summed E-state index contributed by atoms with van der Waals surface area (Å²) in [6.45, 7) is 8.88. The quantitative estimate of drug-likeness (QED) is 0.714. The molecule has 0 saturated heterocycles. The van der Waals surface area contributed by atoms with E-state index in [4.69, 9.17) is 4.74 Å². The van der Waals surface area contributed by atoms with Gasteiger partial charge in [-0.1, -0.05) is 33.8 Å². The van der Waals surface area contributed by atoms with Crippen LogP contribution in [0.5, 0.6) is 5.75 Å². The average Bonchev–Trinajstić information content (AvgIpc) is 2.93. The van der Waals surface area contributed by atoms with Gasteiger partial charge < -0.3 is 14.9 Å². The molecule has 2 fully saturated rings. The number of ether oxygens (including phenoxy) is 1. The van der Waals surface area contributed by atoms with Gasteiger partial charge in [-0.25, -0.2) is 0 Å². The summed E-state index contributed by atoms with van der Waals surface area (Å²) < 4.78 is 5.63. The Morgan fingerprint density at radius 3 is 2.72 bits per heavy atom. The molecule has 0 amide bonds. The molecule has 3 aliphatic carbocycles. The third-order valence-corrected chi connectivity index (χ3v) is 7.88. The van der Waals surface area contributed by atoms with E-state index in [0.29, 0.717) is 36.5 Å². The molecular formula is C25H36O4. The summed E-state index contributed by atoms with van der Waals surface area (Å²) in [7, 11) is 0. The lowest BCUT2D eigenvalue weighted by molar-refractivity contribution is -0.149. The first-order valence-corrected chi connectivity index (χ1v) is 11.2. The molecule has 2 saturated carbocycles. The Kier molecular flexibility index (Phi) is 5.21. The van der Waals surface area contributed by atoms with Crippen molar-refractivity contribution < 1.29 is 19.7 Å². The highest BCUT2D eigenvalue weighted by Gasteiger charge is 2.57. The van der Waals surface area contributed by atoms with Gasteiger partial charge in [0.25, 0.3) is 0 Å². The molecule has 4 rings (SSSR count). The Balaban J connectivity index is 1.64. The molecule has 160 valence electrons. The van der Waals surface area contributed by atoms with Gasteiger partial charge in [-0.05, 0) is 89.9 Å². The predicted octanol–water partition coefficient (Wildman–Crippen LogP) is 4.81. The Hall–Kier alpha value is -1.55. The summed E-state index contributed by atoms with van der Waals surface area (Å²) in [5, 5.41) is 20.8. The molecule has 4 heteroatoms. The number of carbonyl (C=O) groups is 1. The standard InChI is InChI=1S/C25H36O4/c1-24(2,3)14-29-22(28)12-16-13-25(4)20(9-10-21(25)27)19-7-5-15-11-17(26)6-8-18(15)23(16)19/h6,8,11,16,19-21,23,26-27H,5,7,9-10,12-14H2,1-4H3/t16-,19-,20-,21-,23+,25-/m0/s1. The minimum absolute atomic E-state index is 0.0432. The molecule has 2 N–H and O–H groups in total. The Morgan fingerprint density at radius 2 is 2.00 bits per heavy atom. The Labute approximate surface area is 174 Å². The van der Waals surface area contributed by atoms with Crippen molar-refractivity contribution in [1.29, 1.82) is 0 Å². The lowest BCUT2D eigenvalue weighted by Crippen LogP contribution is -2.48. The maximum absolute atomic E-state index is 12.8. The number of aryl methyl sites for hydroxylation is 1. The Bertz CT molecular complexity index is 780. The number of hydrogen-bond donors (Lipinski definition) is 2. The van der Waals surface area contributed by atoms with Crippen LogP contribution >= 0.6 is 0 Å². The number of carbonyl (C=O) groups excluding carboxylic acids is 1. The molecule has 0 spiro atoms. The predicted molar refractivity (Wildman–Crippen MR) is 113 cm³/mol. The fourth-order valence-corrected chi connectivity index (χ4v) is 6.62. The third-order valence-electron chi connectivity index (χ3n) is 7.88. The van der Waals surface area contributed by atoms with Crippen LogP contribution in [0.1, 0.15) is 76.8 Å². The highest BCUT2D eigenvalue weighted by Crippen LogP contribution is 2.63. The molecule has 1 aromatic rings. The molecule has 29 heavy (non-hydrogen) atoms. The maximum Gasteiger partial charge on any atom is 0.306 e. The van der Waals surface area contributed by atoms with Crippen LogP contribution in [-0.2, 0) is 16.0 Å². The van der Waals surface area contributed by atoms with Crippen molar-refractivity contribution in [2.45, 2.75) is 78.2 Å². The van der Waals surface area contributed by atoms with Crippen LogP contribution in [-0.4, -0.2) is 28.9 Å². The summed E-state index contributed by atoms with van der Waals surface area (Å²) in [5.41, 5.74) is 2.38. The van der Waals surface area contributed by atoms with Crippen LogP contribution in [0.15, 0.2) is 18.2 Å². The normalized spacial score (nSPS) is 36.1. The zero-order valence-corrected chi connectivity index (χ0v) is 18.3. The van der Waals surface area contributed by atoms with E-state index in [2.05, 4.69) is 33.8 Å².